The summed E-state index contributed by atoms with van der Waals surface area (Å²) in [5.41, 5.74) is -0.387. The molecule has 2 amide bonds. The first-order chi connectivity index (χ1) is 13.9. The molecule has 1 aliphatic carbocycles. The van der Waals surface area contributed by atoms with E-state index in [0.717, 1.165) is 44.2 Å². The Kier molecular flexibility index (Phi) is 5.36. The van der Waals surface area contributed by atoms with Gasteiger partial charge >= 0.3 is 0 Å². The van der Waals surface area contributed by atoms with E-state index in [9.17, 15) is 18.4 Å². The van der Waals surface area contributed by atoms with Crippen LogP contribution in [0.1, 0.15) is 44.1 Å². The zero-order valence-electron chi connectivity index (χ0n) is 16.9. The van der Waals surface area contributed by atoms with Crippen molar-refractivity contribution in [1.29, 1.82) is 0 Å². The van der Waals surface area contributed by atoms with Crippen LogP contribution in [0, 0.1) is 22.5 Å². The molecule has 1 spiro atoms. The van der Waals surface area contributed by atoms with Crippen molar-refractivity contribution in [3.8, 4) is 0 Å². The number of carbonyl (C=O) groups is 2. The molecule has 1 atom stereocenters. The van der Waals surface area contributed by atoms with Crippen LogP contribution in [0.15, 0.2) is 18.2 Å². The summed E-state index contributed by atoms with van der Waals surface area (Å²) in [4.78, 5) is 30.1. The molecule has 0 aromatic heterocycles. The maximum atomic E-state index is 13.5. The summed E-state index contributed by atoms with van der Waals surface area (Å²) in [5, 5.41) is 0. The number of benzene rings is 1. The lowest BCUT2D eigenvalue weighted by molar-refractivity contribution is -0.153. The monoisotopic (exact) mass is 406 g/mol. The van der Waals surface area contributed by atoms with Crippen LogP contribution in [0.4, 0.5) is 8.78 Å². The van der Waals surface area contributed by atoms with E-state index in [1.54, 1.807) is 12.0 Å². The van der Waals surface area contributed by atoms with Gasteiger partial charge in [-0.05, 0) is 49.8 Å². The van der Waals surface area contributed by atoms with E-state index in [-0.39, 0.29) is 18.4 Å². The van der Waals surface area contributed by atoms with Gasteiger partial charge in [0.05, 0.1) is 17.4 Å². The largest absolute Gasteiger partial charge is 0.384 e. The average Bonchev–Trinajstić information content (AvgIpc) is 3.10. The Labute approximate surface area is 170 Å². The van der Waals surface area contributed by atoms with Gasteiger partial charge in [0.1, 0.15) is 0 Å². The van der Waals surface area contributed by atoms with Crippen molar-refractivity contribution in [3.05, 3.63) is 35.4 Å². The highest BCUT2D eigenvalue weighted by molar-refractivity contribution is 5.88. The summed E-state index contributed by atoms with van der Waals surface area (Å²) in [7, 11) is 1.62. The topological polar surface area (TPSA) is 49.9 Å². The summed E-state index contributed by atoms with van der Waals surface area (Å²) in [6.07, 6.45) is 5.00. The number of nitrogens with zero attached hydrogens (tertiary/aromatic N) is 2. The predicted octanol–water partition coefficient (Wildman–Crippen LogP) is 3.12. The summed E-state index contributed by atoms with van der Waals surface area (Å²) in [6.45, 7) is 2.34. The van der Waals surface area contributed by atoms with Gasteiger partial charge in [-0.3, -0.25) is 9.59 Å². The van der Waals surface area contributed by atoms with Gasteiger partial charge in [-0.1, -0.05) is 12.5 Å². The molecule has 2 aliphatic heterocycles. The van der Waals surface area contributed by atoms with Crippen LogP contribution in [0.2, 0.25) is 0 Å². The number of carbonyl (C=O) groups excluding carboxylic acids is 2. The highest BCUT2D eigenvalue weighted by Crippen LogP contribution is 2.46. The van der Waals surface area contributed by atoms with Crippen molar-refractivity contribution < 1.29 is 23.1 Å². The van der Waals surface area contributed by atoms with Crippen molar-refractivity contribution in [1.82, 2.24) is 9.80 Å². The maximum Gasteiger partial charge on any atom is 0.231 e. The molecule has 29 heavy (non-hydrogen) atoms. The Morgan fingerprint density at radius 1 is 1.10 bits per heavy atom. The molecule has 4 rings (SSSR count). The SMILES string of the molecule is COCC1(C(=O)N2CC[C@]3(CCCN(Cc4ccc(F)c(F)c4)C3=O)C2)CCC1. The molecule has 0 N–H and O–H groups in total. The minimum absolute atomic E-state index is 0.0261. The van der Waals surface area contributed by atoms with Gasteiger partial charge in [0.15, 0.2) is 11.6 Å². The van der Waals surface area contributed by atoms with Gasteiger partial charge in [-0.15, -0.1) is 0 Å². The fourth-order valence-electron chi connectivity index (χ4n) is 5.22. The molecule has 0 bridgehead atoms. The molecular weight excluding hydrogens is 378 g/mol. The van der Waals surface area contributed by atoms with Crippen LogP contribution < -0.4 is 0 Å². The molecule has 0 unspecified atom stereocenters. The number of halogens is 2. The number of hydrogen-bond acceptors (Lipinski definition) is 3. The van der Waals surface area contributed by atoms with Gasteiger partial charge < -0.3 is 14.5 Å². The van der Waals surface area contributed by atoms with Gasteiger partial charge in [0.2, 0.25) is 11.8 Å². The average molecular weight is 406 g/mol. The lowest BCUT2D eigenvalue weighted by atomic mass is 9.68. The quantitative estimate of drug-likeness (QED) is 0.755. The molecule has 5 nitrogen and oxygen atoms in total. The van der Waals surface area contributed by atoms with Crippen LogP contribution in [0.5, 0.6) is 0 Å². The molecule has 1 aromatic rings. The highest BCUT2D eigenvalue weighted by atomic mass is 19.2. The van der Waals surface area contributed by atoms with Gasteiger partial charge in [-0.2, -0.15) is 0 Å². The number of amides is 2. The normalized spacial score (nSPS) is 26.1. The van der Waals surface area contributed by atoms with Crippen LogP contribution in [0.3, 0.4) is 0 Å². The lowest BCUT2D eigenvalue weighted by Gasteiger charge is -2.43. The van der Waals surface area contributed by atoms with Gasteiger partial charge in [-0.25, -0.2) is 8.78 Å². The van der Waals surface area contributed by atoms with Gasteiger partial charge in [0, 0.05) is 33.3 Å². The Balaban J connectivity index is 1.46. The van der Waals surface area contributed by atoms with E-state index in [1.165, 1.54) is 6.07 Å². The Bertz CT molecular complexity index is 811. The molecule has 2 saturated heterocycles. The fraction of sp³-hybridized carbons (Fsp3) is 0.636. The molecule has 0 radical (unpaired) electrons. The van der Waals surface area contributed by atoms with Crippen molar-refractivity contribution in [2.75, 3.05) is 33.4 Å². The van der Waals surface area contributed by atoms with E-state index in [4.69, 9.17) is 4.74 Å². The smallest absolute Gasteiger partial charge is 0.231 e. The van der Waals surface area contributed by atoms with Crippen molar-refractivity contribution >= 4 is 11.8 Å². The first kappa shape index (κ1) is 20.3. The second-order valence-electron chi connectivity index (χ2n) is 8.90. The highest BCUT2D eigenvalue weighted by Gasteiger charge is 2.53. The Morgan fingerprint density at radius 2 is 1.90 bits per heavy atom. The first-order valence-corrected chi connectivity index (χ1v) is 10.4. The van der Waals surface area contributed by atoms with E-state index in [2.05, 4.69) is 0 Å². The minimum atomic E-state index is -0.900. The molecule has 2 heterocycles. The first-order valence-electron chi connectivity index (χ1n) is 10.4. The zero-order chi connectivity index (χ0) is 20.6. The number of ether oxygens (including phenoxy) is 1. The summed E-state index contributed by atoms with van der Waals surface area (Å²) in [5.74, 6) is -1.64. The van der Waals surface area contributed by atoms with E-state index < -0.39 is 22.5 Å². The molecule has 3 fully saturated rings. The number of rotatable bonds is 5. The van der Waals surface area contributed by atoms with Crippen molar-refractivity contribution in [2.24, 2.45) is 10.8 Å². The summed E-state index contributed by atoms with van der Waals surface area (Å²) in [6, 6.07) is 3.76. The van der Waals surface area contributed by atoms with Gasteiger partial charge in [0.25, 0.3) is 0 Å². The van der Waals surface area contributed by atoms with Crippen LogP contribution in [0.25, 0.3) is 0 Å². The molecule has 3 aliphatic rings. The van der Waals surface area contributed by atoms with Crippen molar-refractivity contribution in [2.45, 2.75) is 45.1 Å². The number of likely N-dealkylation sites (tertiary alicyclic amines) is 2. The number of hydrogen-bond donors (Lipinski definition) is 0. The molecular formula is C22H28F2N2O3. The van der Waals surface area contributed by atoms with Crippen LogP contribution in [-0.4, -0.2) is 55.0 Å². The summed E-state index contributed by atoms with van der Waals surface area (Å²) < 4.78 is 32.1. The third-order valence-corrected chi connectivity index (χ3v) is 7.01. The molecule has 158 valence electrons. The Hall–Kier alpha value is -2.02. The molecule has 7 heteroatoms. The van der Waals surface area contributed by atoms with E-state index in [1.807, 2.05) is 4.90 Å². The molecule has 1 aromatic carbocycles. The van der Waals surface area contributed by atoms with Crippen LogP contribution in [-0.2, 0) is 20.9 Å². The lowest BCUT2D eigenvalue weighted by Crippen LogP contribution is -2.53. The fourth-order valence-corrected chi connectivity index (χ4v) is 5.22. The predicted molar refractivity (Wildman–Crippen MR) is 103 cm³/mol. The number of methoxy groups -OCH3 is 1. The summed E-state index contributed by atoms with van der Waals surface area (Å²) >= 11 is 0. The minimum Gasteiger partial charge on any atom is -0.384 e. The third kappa shape index (κ3) is 3.54. The third-order valence-electron chi connectivity index (χ3n) is 7.01. The Morgan fingerprint density at radius 3 is 2.55 bits per heavy atom. The van der Waals surface area contributed by atoms with Crippen LogP contribution >= 0.6 is 0 Å². The van der Waals surface area contributed by atoms with E-state index in [0.29, 0.717) is 38.2 Å². The zero-order valence-corrected chi connectivity index (χ0v) is 16.9. The standard InChI is InChI=1S/C22H28F2N2O3/c1-29-15-22(6-2-7-22)20(28)26-11-9-21(14-26)8-3-10-25(19(21)27)13-16-4-5-17(23)18(24)12-16/h4-5,12H,2-3,6-11,13-15H2,1H3/t21-/m1/s1. The number of piperidine rings is 1. The maximum absolute atomic E-state index is 13.5. The second-order valence-corrected chi connectivity index (χ2v) is 8.90. The molecule has 1 saturated carbocycles. The van der Waals surface area contributed by atoms with Crippen molar-refractivity contribution in [3.63, 3.8) is 0 Å². The second kappa shape index (κ2) is 7.67. The van der Waals surface area contributed by atoms with E-state index >= 15 is 0 Å².